The normalized spacial score (nSPS) is 12.9. The molecule has 0 amide bonds. The molecule has 0 radical (unpaired) electrons. The summed E-state index contributed by atoms with van der Waals surface area (Å²) in [6.07, 6.45) is 0. The Morgan fingerprint density at radius 1 is 0.465 bits per heavy atom. The molecule has 4 rings (SSSR count). The molecule has 4 aromatic carbocycles. The van der Waals surface area contributed by atoms with Gasteiger partial charge in [0.25, 0.3) is 0 Å². The molecule has 230 valence electrons. The van der Waals surface area contributed by atoms with Gasteiger partial charge in [0.1, 0.15) is 0 Å². The summed E-state index contributed by atoms with van der Waals surface area (Å²) < 4.78 is 104. The molecular formula is C33H34F5O3S2+. The maximum atomic E-state index is 15.0. The van der Waals surface area contributed by atoms with E-state index in [4.69, 9.17) is 0 Å². The fraction of sp³-hybridized carbons (Fsp3) is 0.273. The van der Waals surface area contributed by atoms with Crippen LogP contribution in [0.4, 0.5) is 22.0 Å². The molecule has 43 heavy (non-hydrogen) atoms. The van der Waals surface area contributed by atoms with Gasteiger partial charge in [-0.3, -0.25) is 3.63 Å². The van der Waals surface area contributed by atoms with Crippen molar-refractivity contribution >= 4 is 20.4 Å². The van der Waals surface area contributed by atoms with Gasteiger partial charge in [-0.05, 0) is 70.8 Å². The van der Waals surface area contributed by atoms with E-state index in [-0.39, 0.29) is 17.8 Å². The molecule has 0 aliphatic rings. The Bertz CT molecular complexity index is 1560. The van der Waals surface area contributed by atoms with Crippen LogP contribution in [0.25, 0.3) is 0 Å². The zero-order valence-electron chi connectivity index (χ0n) is 24.6. The second kappa shape index (κ2) is 12.4. The summed E-state index contributed by atoms with van der Waals surface area (Å²) in [6.45, 7) is 11.9. The summed E-state index contributed by atoms with van der Waals surface area (Å²) in [5, 5.41) is 0. The van der Waals surface area contributed by atoms with E-state index in [0.29, 0.717) is 14.7 Å². The molecule has 0 aromatic heterocycles. The Kier molecular flexibility index (Phi) is 9.44. The Morgan fingerprint density at radius 2 is 0.721 bits per heavy atom. The minimum absolute atomic E-state index is 0.142. The smallest absolute Gasteiger partial charge is 0.258 e. The average molecular weight is 638 g/mol. The van der Waals surface area contributed by atoms with Crippen molar-refractivity contribution in [2.75, 3.05) is 0 Å². The van der Waals surface area contributed by atoms with Crippen LogP contribution in [0.1, 0.15) is 76.0 Å². The first-order valence-corrected chi connectivity index (χ1v) is 16.8. The Morgan fingerprint density at radius 3 is 0.977 bits per heavy atom. The zero-order chi connectivity index (χ0) is 31.9. The van der Waals surface area contributed by atoms with Crippen LogP contribution in [0.3, 0.4) is 0 Å². The second-order valence-corrected chi connectivity index (χ2v) is 15.7. The van der Waals surface area contributed by atoms with Crippen LogP contribution < -0.4 is 0 Å². The molecule has 0 heterocycles. The van der Waals surface area contributed by atoms with E-state index in [1.807, 2.05) is 77.9 Å². The fourth-order valence-corrected chi connectivity index (χ4v) is 10.2. The molecule has 0 atom stereocenters. The topological polar surface area (TPSA) is 46.9 Å². The highest BCUT2D eigenvalue weighted by Gasteiger charge is 2.47. The number of halogens is 5. The minimum Gasteiger partial charge on any atom is -0.258 e. The molecule has 0 unspecified atom stereocenters. The maximum Gasteiger partial charge on any atom is 0.428 e. The van der Waals surface area contributed by atoms with Crippen molar-refractivity contribution in [1.82, 2.24) is 0 Å². The van der Waals surface area contributed by atoms with Crippen LogP contribution in [-0.2, 0) is 10.1 Å². The summed E-state index contributed by atoms with van der Waals surface area (Å²) in [7, 11) is -8.77. The zero-order valence-corrected chi connectivity index (χ0v) is 26.3. The monoisotopic (exact) mass is 637 g/mol. The third-order valence-corrected chi connectivity index (χ3v) is 12.7. The van der Waals surface area contributed by atoms with E-state index >= 15 is 0 Å². The van der Waals surface area contributed by atoms with Gasteiger partial charge in [-0.2, -0.15) is 0 Å². The lowest BCUT2D eigenvalue weighted by molar-refractivity contribution is 0.338. The highest BCUT2D eigenvalue weighted by atomic mass is 32.3. The van der Waals surface area contributed by atoms with Crippen molar-refractivity contribution in [3.05, 3.63) is 119 Å². The summed E-state index contributed by atoms with van der Waals surface area (Å²) >= 11 is 0. The van der Waals surface area contributed by atoms with Gasteiger partial charge in [0.15, 0.2) is 23.3 Å². The van der Waals surface area contributed by atoms with E-state index in [0.717, 1.165) is 16.7 Å². The van der Waals surface area contributed by atoms with Crippen molar-refractivity contribution in [1.29, 1.82) is 0 Å². The van der Waals surface area contributed by atoms with Crippen LogP contribution in [-0.4, -0.2) is 12.0 Å². The Labute approximate surface area is 251 Å². The first kappa shape index (κ1) is 32.7. The van der Waals surface area contributed by atoms with Crippen molar-refractivity contribution < 1.29 is 34.0 Å². The summed E-state index contributed by atoms with van der Waals surface area (Å²) in [5.74, 6) is -11.7. The highest BCUT2D eigenvalue weighted by Crippen LogP contribution is 2.69. The molecule has 4 aromatic rings. The molecule has 10 heteroatoms. The molecule has 0 saturated carbocycles. The Balaban J connectivity index is 2.10. The van der Waals surface area contributed by atoms with E-state index in [2.05, 4.69) is 3.63 Å². The fourth-order valence-electron chi connectivity index (χ4n) is 4.68. The van der Waals surface area contributed by atoms with Crippen molar-refractivity contribution in [2.24, 2.45) is 0 Å². The predicted molar refractivity (Wildman–Crippen MR) is 160 cm³/mol. The molecule has 1 N–H and O–H groups in total. The van der Waals surface area contributed by atoms with Crippen LogP contribution >= 0.6 is 10.3 Å². The summed E-state index contributed by atoms with van der Waals surface area (Å²) in [6, 6.07) is 21.1. The number of rotatable bonds is 9. The van der Waals surface area contributed by atoms with Crippen molar-refractivity contribution in [3.8, 4) is 0 Å². The van der Waals surface area contributed by atoms with Crippen LogP contribution in [0.2, 0.25) is 0 Å². The molecule has 0 fully saturated rings. The van der Waals surface area contributed by atoms with E-state index in [1.54, 1.807) is 36.4 Å². The SMILES string of the molecule is CC(C)c1ccc(S([OH+]S(=O)(=O)c2c(F)c(F)c(F)c(F)c2F)(c2ccc(C(C)C)cc2)c2ccc(C(C)C)cc2)cc1. The second-order valence-electron chi connectivity index (χ2n) is 11.2. The lowest BCUT2D eigenvalue weighted by Gasteiger charge is -2.35. The van der Waals surface area contributed by atoms with E-state index in [1.165, 1.54) is 0 Å². The first-order valence-electron chi connectivity index (χ1n) is 13.8. The predicted octanol–water partition coefficient (Wildman–Crippen LogP) is 10.4. The summed E-state index contributed by atoms with van der Waals surface area (Å²) in [4.78, 5) is -0.783. The third-order valence-electron chi connectivity index (χ3n) is 7.30. The first-order chi connectivity index (χ1) is 20.1. The third kappa shape index (κ3) is 6.10. The van der Waals surface area contributed by atoms with Crippen LogP contribution in [0.15, 0.2) is 92.4 Å². The number of hydrogen-bond donors (Lipinski definition) is 0. The average Bonchev–Trinajstić information content (AvgIpc) is 2.98. The van der Waals surface area contributed by atoms with Gasteiger partial charge >= 0.3 is 10.1 Å². The lowest BCUT2D eigenvalue weighted by atomic mass is 10.0. The molecule has 0 saturated heterocycles. The largest absolute Gasteiger partial charge is 0.428 e. The molecule has 0 spiro atoms. The van der Waals surface area contributed by atoms with Crippen molar-refractivity contribution in [2.45, 2.75) is 78.9 Å². The molecular weight excluding hydrogens is 603 g/mol. The summed E-state index contributed by atoms with van der Waals surface area (Å²) in [5.41, 5.74) is 2.85. The standard InChI is InChI=1S/C33H33F5O3S2/c1-19(2)22-7-13-25(14-8-22)42(26-15-9-23(10-16-26)20(3)4,27-17-11-24(12-18-27)21(5)6)41-43(39,40)33-31(37)29(35)28(34)30(36)32(33)38/h7-21H,1-6H3/p+1. The van der Waals surface area contributed by atoms with Gasteiger partial charge in [0.2, 0.25) is 10.7 Å². The molecule has 0 bridgehead atoms. The van der Waals surface area contributed by atoms with Crippen molar-refractivity contribution in [3.63, 3.8) is 0 Å². The van der Waals surface area contributed by atoms with Crippen LogP contribution in [0.5, 0.6) is 0 Å². The quantitative estimate of drug-likeness (QED) is 0.0603. The van der Waals surface area contributed by atoms with Gasteiger partial charge in [-0.1, -0.05) is 77.9 Å². The van der Waals surface area contributed by atoms with Gasteiger partial charge < -0.3 is 0 Å². The highest BCUT2D eigenvalue weighted by molar-refractivity contribution is 8.32. The molecule has 0 aliphatic carbocycles. The van der Waals surface area contributed by atoms with Gasteiger partial charge in [-0.15, -0.1) is 8.42 Å². The van der Waals surface area contributed by atoms with Crippen LogP contribution in [0, 0.1) is 29.1 Å². The van der Waals surface area contributed by atoms with E-state index < -0.39 is 54.4 Å². The van der Waals surface area contributed by atoms with Gasteiger partial charge in [0.05, 0.1) is 25.0 Å². The lowest BCUT2D eigenvalue weighted by Crippen LogP contribution is -2.22. The van der Waals surface area contributed by atoms with Gasteiger partial charge in [0, 0.05) is 0 Å². The Hall–Kier alpha value is -3.21. The van der Waals surface area contributed by atoms with Gasteiger partial charge in [-0.25, -0.2) is 22.0 Å². The van der Waals surface area contributed by atoms with E-state index in [9.17, 15) is 30.4 Å². The number of benzene rings is 4. The minimum atomic E-state index is -5.50. The number of hydrogen-bond acceptors (Lipinski definition) is 2. The maximum absolute atomic E-state index is 15.0. The molecule has 3 nitrogen and oxygen atoms in total. The molecule has 0 aliphatic heterocycles.